The lowest BCUT2D eigenvalue weighted by Gasteiger charge is -2.19. The second-order valence-electron chi connectivity index (χ2n) is 5.97. The van der Waals surface area contributed by atoms with Gasteiger partial charge in [-0.3, -0.25) is 0 Å². The molecule has 0 aliphatic rings. The zero-order chi connectivity index (χ0) is 17.6. The highest BCUT2D eigenvalue weighted by Gasteiger charge is 2.17. The Morgan fingerprint density at radius 2 is 1.87 bits per heavy atom. The molecule has 1 aromatic heterocycles. The Bertz CT molecular complexity index is 582. The molecule has 1 amide bonds. The largest absolute Gasteiger partial charge is 0.476 e. The van der Waals surface area contributed by atoms with Crippen LogP contribution in [0.25, 0.3) is 0 Å². The number of rotatable bonds is 6. The number of nitrogens with one attached hydrogen (secondary N) is 2. The molecule has 23 heavy (non-hydrogen) atoms. The number of carboxylic acids is 1. The third-order valence-electron chi connectivity index (χ3n) is 2.79. The van der Waals surface area contributed by atoms with Crippen molar-refractivity contribution in [2.75, 3.05) is 18.4 Å². The lowest BCUT2D eigenvalue weighted by Crippen LogP contribution is -2.35. The van der Waals surface area contributed by atoms with Crippen molar-refractivity contribution in [3.8, 4) is 0 Å². The average Bonchev–Trinajstić information content (AvgIpc) is 2.41. The highest BCUT2D eigenvalue weighted by molar-refractivity contribution is 5.90. The Morgan fingerprint density at radius 3 is 2.39 bits per heavy atom. The summed E-state index contributed by atoms with van der Waals surface area (Å²) in [6, 6.07) is 0. The summed E-state index contributed by atoms with van der Waals surface area (Å²) < 4.78 is 5.10. The standard InChI is InChI=1S/C15H24N4O4/c1-6-10-9(2)18-12(11(19-10)13(20)21)16-7-8-17-14(22)23-15(3,4)5/h6-8H2,1-5H3,(H,16,18)(H,17,22)(H,20,21). The molecule has 8 nitrogen and oxygen atoms in total. The highest BCUT2D eigenvalue weighted by Crippen LogP contribution is 2.14. The zero-order valence-electron chi connectivity index (χ0n) is 14.2. The van der Waals surface area contributed by atoms with E-state index in [2.05, 4.69) is 20.6 Å². The van der Waals surface area contributed by atoms with Crippen LogP contribution in [0.5, 0.6) is 0 Å². The number of hydrogen-bond donors (Lipinski definition) is 3. The number of aromatic carboxylic acids is 1. The van der Waals surface area contributed by atoms with Crippen LogP contribution in [0.4, 0.5) is 10.6 Å². The SMILES string of the molecule is CCc1nc(C(=O)O)c(NCCNC(=O)OC(C)(C)C)nc1C. The summed E-state index contributed by atoms with van der Waals surface area (Å²) >= 11 is 0. The number of amides is 1. The summed E-state index contributed by atoms with van der Waals surface area (Å²) in [6.45, 7) is 9.57. The number of carbonyl (C=O) groups is 2. The minimum atomic E-state index is -1.14. The monoisotopic (exact) mass is 324 g/mol. The molecule has 0 spiro atoms. The molecule has 0 atom stereocenters. The molecule has 0 bridgehead atoms. The molecule has 0 unspecified atom stereocenters. The van der Waals surface area contributed by atoms with Crippen LogP contribution in [0, 0.1) is 6.92 Å². The summed E-state index contributed by atoms with van der Waals surface area (Å²) in [5, 5.41) is 14.7. The average molecular weight is 324 g/mol. The van der Waals surface area contributed by atoms with Crippen LogP contribution < -0.4 is 10.6 Å². The van der Waals surface area contributed by atoms with Crippen molar-refractivity contribution >= 4 is 17.9 Å². The normalized spacial score (nSPS) is 11.0. The van der Waals surface area contributed by atoms with E-state index in [9.17, 15) is 14.7 Å². The lowest BCUT2D eigenvalue weighted by molar-refractivity contribution is 0.0529. The summed E-state index contributed by atoms with van der Waals surface area (Å²) in [4.78, 5) is 31.1. The molecule has 0 saturated heterocycles. The van der Waals surface area contributed by atoms with Crippen molar-refractivity contribution in [2.45, 2.75) is 46.6 Å². The van der Waals surface area contributed by atoms with E-state index in [1.165, 1.54) is 0 Å². The van der Waals surface area contributed by atoms with Crippen LogP contribution in [0.2, 0.25) is 0 Å². The fourth-order valence-electron chi connectivity index (χ4n) is 1.82. The first kappa shape index (κ1) is 18.7. The van der Waals surface area contributed by atoms with Crippen molar-refractivity contribution in [1.29, 1.82) is 0 Å². The summed E-state index contributed by atoms with van der Waals surface area (Å²) in [7, 11) is 0. The van der Waals surface area contributed by atoms with Crippen LogP contribution >= 0.6 is 0 Å². The number of carbonyl (C=O) groups excluding carboxylic acids is 1. The predicted octanol–water partition coefficient (Wildman–Crippen LogP) is 1.98. The molecule has 0 radical (unpaired) electrons. The molecule has 3 N–H and O–H groups in total. The number of aromatic nitrogens is 2. The molecule has 1 heterocycles. The molecular weight excluding hydrogens is 300 g/mol. The third-order valence-corrected chi connectivity index (χ3v) is 2.79. The van der Waals surface area contributed by atoms with Gasteiger partial charge >= 0.3 is 12.1 Å². The first-order valence-electron chi connectivity index (χ1n) is 7.45. The number of ether oxygens (including phenoxy) is 1. The van der Waals surface area contributed by atoms with Gasteiger partial charge in [0, 0.05) is 13.1 Å². The van der Waals surface area contributed by atoms with Gasteiger partial charge in [-0.25, -0.2) is 19.6 Å². The van der Waals surface area contributed by atoms with Crippen LogP contribution in [0.3, 0.4) is 0 Å². The summed E-state index contributed by atoms with van der Waals surface area (Å²) in [5.41, 5.74) is 0.650. The van der Waals surface area contributed by atoms with E-state index < -0.39 is 17.7 Å². The Labute approximate surface area is 135 Å². The maximum absolute atomic E-state index is 11.5. The molecule has 0 aromatic carbocycles. The second kappa shape index (κ2) is 7.75. The maximum Gasteiger partial charge on any atom is 0.407 e. The van der Waals surface area contributed by atoms with Gasteiger partial charge in [0.05, 0.1) is 11.4 Å². The topological polar surface area (TPSA) is 113 Å². The van der Waals surface area contributed by atoms with Crippen molar-refractivity contribution in [2.24, 2.45) is 0 Å². The molecule has 1 aromatic rings. The van der Waals surface area contributed by atoms with Gasteiger partial charge in [0.1, 0.15) is 5.60 Å². The first-order valence-corrected chi connectivity index (χ1v) is 7.45. The van der Waals surface area contributed by atoms with Crippen molar-refractivity contribution < 1.29 is 19.4 Å². The van der Waals surface area contributed by atoms with Crippen LogP contribution in [0.1, 0.15) is 49.6 Å². The lowest BCUT2D eigenvalue weighted by atomic mass is 10.2. The quantitative estimate of drug-likeness (QED) is 0.686. The van der Waals surface area contributed by atoms with E-state index in [-0.39, 0.29) is 18.1 Å². The van der Waals surface area contributed by atoms with Crippen LogP contribution in [-0.2, 0) is 11.2 Å². The number of hydrogen-bond acceptors (Lipinski definition) is 6. The van der Waals surface area contributed by atoms with E-state index in [0.717, 1.165) is 0 Å². The first-order chi connectivity index (χ1) is 10.6. The van der Waals surface area contributed by atoms with E-state index in [0.29, 0.717) is 24.4 Å². The van der Waals surface area contributed by atoms with Crippen molar-refractivity contribution in [1.82, 2.24) is 15.3 Å². The summed E-state index contributed by atoms with van der Waals surface area (Å²) in [6.07, 6.45) is 0.0842. The Hall–Kier alpha value is -2.38. The fourth-order valence-corrected chi connectivity index (χ4v) is 1.82. The van der Waals surface area contributed by atoms with E-state index in [1.54, 1.807) is 27.7 Å². The van der Waals surface area contributed by atoms with E-state index >= 15 is 0 Å². The predicted molar refractivity (Wildman–Crippen MR) is 85.8 cm³/mol. The Balaban J connectivity index is 2.63. The molecule has 0 aliphatic carbocycles. The van der Waals surface area contributed by atoms with Crippen molar-refractivity contribution in [3.63, 3.8) is 0 Å². The molecule has 0 aliphatic heterocycles. The molecule has 0 saturated carbocycles. The molecule has 0 fully saturated rings. The fraction of sp³-hybridized carbons (Fsp3) is 0.600. The maximum atomic E-state index is 11.5. The Morgan fingerprint density at radius 1 is 1.22 bits per heavy atom. The van der Waals surface area contributed by atoms with Gasteiger partial charge in [0.25, 0.3) is 0 Å². The highest BCUT2D eigenvalue weighted by atomic mass is 16.6. The van der Waals surface area contributed by atoms with E-state index in [1.807, 2.05) is 6.92 Å². The minimum absolute atomic E-state index is 0.121. The van der Waals surface area contributed by atoms with Gasteiger partial charge in [0.2, 0.25) is 0 Å². The summed E-state index contributed by atoms with van der Waals surface area (Å²) in [5.74, 6) is -0.951. The van der Waals surface area contributed by atoms with E-state index in [4.69, 9.17) is 4.74 Å². The smallest absolute Gasteiger partial charge is 0.407 e. The van der Waals surface area contributed by atoms with Crippen LogP contribution in [-0.4, -0.2) is 45.8 Å². The molecule has 128 valence electrons. The number of nitrogens with zero attached hydrogens (tertiary/aromatic N) is 2. The molecular formula is C15H24N4O4. The number of carboxylic acid groups (broad SMARTS) is 1. The second-order valence-corrected chi connectivity index (χ2v) is 5.97. The van der Waals surface area contributed by atoms with Gasteiger partial charge in [-0.2, -0.15) is 0 Å². The third kappa shape index (κ3) is 6.09. The van der Waals surface area contributed by atoms with Crippen molar-refractivity contribution in [3.05, 3.63) is 17.1 Å². The van der Waals surface area contributed by atoms with Gasteiger partial charge in [0.15, 0.2) is 11.5 Å². The Kier molecular flexibility index (Phi) is 6.29. The van der Waals surface area contributed by atoms with Gasteiger partial charge in [-0.15, -0.1) is 0 Å². The molecule has 8 heteroatoms. The molecule has 1 rings (SSSR count). The van der Waals surface area contributed by atoms with Gasteiger partial charge in [-0.05, 0) is 34.1 Å². The van der Waals surface area contributed by atoms with Gasteiger partial charge in [-0.1, -0.05) is 6.92 Å². The number of alkyl carbamates (subject to hydrolysis) is 1. The van der Waals surface area contributed by atoms with Gasteiger partial charge < -0.3 is 20.5 Å². The number of anilines is 1. The zero-order valence-corrected chi connectivity index (χ0v) is 14.2. The van der Waals surface area contributed by atoms with Crippen LogP contribution in [0.15, 0.2) is 0 Å². The minimum Gasteiger partial charge on any atom is -0.476 e. The number of aryl methyl sites for hydroxylation is 2.